The molecule has 0 fully saturated rings. The monoisotopic (exact) mass is 403 g/mol. The van der Waals surface area contributed by atoms with Gasteiger partial charge in [0.05, 0.1) is 26.4 Å². The molecule has 1 N–H and O–H groups in total. The zero-order chi connectivity index (χ0) is 20.4. The Labute approximate surface area is 170 Å². The molecular weight excluding hydrogens is 390 g/mol. The Hall–Kier alpha value is -3.77. The first-order valence-corrected chi connectivity index (χ1v) is 9.11. The molecule has 6 nitrogen and oxygen atoms in total. The molecule has 4 rings (SSSR count). The van der Waals surface area contributed by atoms with E-state index in [0.29, 0.717) is 11.4 Å². The lowest BCUT2D eigenvalue weighted by atomic mass is 10.1. The molecule has 0 aliphatic rings. The largest absolute Gasteiger partial charge is 0.306 e. The molecule has 29 heavy (non-hydrogen) atoms. The highest BCUT2D eigenvalue weighted by atomic mass is 35.5. The van der Waals surface area contributed by atoms with Crippen LogP contribution in [0.25, 0.3) is 33.4 Å². The van der Waals surface area contributed by atoms with Crippen molar-refractivity contribution in [1.29, 1.82) is 0 Å². The Bertz CT molecular complexity index is 1300. The van der Waals surface area contributed by atoms with Crippen molar-refractivity contribution in [1.82, 2.24) is 9.97 Å². The molecule has 0 aliphatic carbocycles. The van der Waals surface area contributed by atoms with Crippen LogP contribution in [0.4, 0.5) is 5.69 Å². The van der Waals surface area contributed by atoms with Crippen LogP contribution in [-0.2, 0) is 0 Å². The van der Waals surface area contributed by atoms with Gasteiger partial charge in [-0.25, -0.2) is 4.98 Å². The molecule has 142 valence electrons. The van der Waals surface area contributed by atoms with Crippen LogP contribution in [0.2, 0.25) is 0 Å². The highest BCUT2D eigenvalue weighted by molar-refractivity contribution is 6.51. The Balaban J connectivity index is 1.91. The van der Waals surface area contributed by atoms with E-state index >= 15 is 0 Å². The first-order chi connectivity index (χ1) is 14.0. The minimum absolute atomic E-state index is 0.160. The van der Waals surface area contributed by atoms with E-state index in [1.165, 1.54) is 12.1 Å². The molecular formula is C22H14ClN3O3. The second kappa shape index (κ2) is 7.69. The summed E-state index contributed by atoms with van der Waals surface area (Å²) < 4.78 is 0. The van der Waals surface area contributed by atoms with E-state index in [-0.39, 0.29) is 27.2 Å². The van der Waals surface area contributed by atoms with Crippen LogP contribution in [0.3, 0.4) is 0 Å². The molecule has 3 aromatic carbocycles. The molecule has 0 unspecified atom stereocenters. The van der Waals surface area contributed by atoms with Gasteiger partial charge in [0, 0.05) is 11.6 Å². The molecule has 0 bridgehead atoms. The van der Waals surface area contributed by atoms with E-state index in [9.17, 15) is 14.9 Å². The van der Waals surface area contributed by atoms with Gasteiger partial charge in [-0.2, -0.15) is 0 Å². The lowest BCUT2D eigenvalue weighted by Gasteiger charge is -2.07. The normalized spacial score (nSPS) is 11.6. The summed E-state index contributed by atoms with van der Waals surface area (Å²) in [5, 5.41) is 12.1. The van der Waals surface area contributed by atoms with E-state index in [1.807, 2.05) is 48.5 Å². The number of H-pyrrole nitrogens is 1. The Morgan fingerprint density at radius 2 is 1.69 bits per heavy atom. The maximum absolute atomic E-state index is 12.7. The average molecular weight is 404 g/mol. The molecule has 0 spiro atoms. The van der Waals surface area contributed by atoms with Crippen LogP contribution in [0.1, 0.15) is 11.1 Å². The van der Waals surface area contributed by atoms with E-state index in [0.717, 1.165) is 5.56 Å². The third-order valence-electron chi connectivity index (χ3n) is 4.42. The minimum Gasteiger partial charge on any atom is -0.306 e. The fourth-order valence-electron chi connectivity index (χ4n) is 3.02. The van der Waals surface area contributed by atoms with Crippen LogP contribution in [0.5, 0.6) is 0 Å². The van der Waals surface area contributed by atoms with Gasteiger partial charge in [0.1, 0.15) is 5.82 Å². The number of hydrogen-bond donors (Lipinski definition) is 1. The van der Waals surface area contributed by atoms with Gasteiger partial charge in [-0.3, -0.25) is 14.9 Å². The van der Waals surface area contributed by atoms with E-state index in [4.69, 9.17) is 11.6 Å². The summed E-state index contributed by atoms with van der Waals surface area (Å²) in [6.07, 6.45) is 1.62. The van der Waals surface area contributed by atoms with Crippen molar-refractivity contribution in [3.05, 3.63) is 104 Å². The SMILES string of the molecule is O=c1[nH]c(-c2ccccc2)nc2cc([N+](=O)[O-])c(/C(Cl)=C\c3ccccc3)cc12. The third kappa shape index (κ3) is 3.79. The number of aromatic nitrogens is 2. The second-order valence-electron chi connectivity index (χ2n) is 6.33. The van der Waals surface area contributed by atoms with Gasteiger partial charge in [0.25, 0.3) is 11.2 Å². The topological polar surface area (TPSA) is 88.9 Å². The number of fused-ring (bicyclic) bond motifs is 1. The van der Waals surface area contributed by atoms with Crippen molar-refractivity contribution in [2.24, 2.45) is 0 Å². The predicted molar refractivity (Wildman–Crippen MR) is 115 cm³/mol. The van der Waals surface area contributed by atoms with Crippen LogP contribution in [-0.4, -0.2) is 14.9 Å². The number of halogens is 1. The molecule has 1 aromatic heterocycles. The Kier molecular flexibility index (Phi) is 4.93. The molecule has 0 saturated carbocycles. The number of hydrogen-bond acceptors (Lipinski definition) is 4. The van der Waals surface area contributed by atoms with Crippen molar-refractivity contribution in [2.45, 2.75) is 0 Å². The summed E-state index contributed by atoms with van der Waals surface area (Å²) in [5.41, 5.74) is 1.28. The van der Waals surface area contributed by atoms with Crippen molar-refractivity contribution in [2.75, 3.05) is 0 Å². The molecule has 0 saturated heterocycles. The van der Waals surface area contributed by atoms with Crippen LogP contribution in [0, 0.1) is 10.1 Å². The van der Waals surface area contributed by atoms with Crippen molar-refractivity contribution in [3.63, 3.8) is 0 Å². The lowest BCUT2D eigenvalue weighted by Crippen LogP contribution is -2.10. The number of benzene rings is 3. The molecule has 4 aromatic rings. The Morgan fingerprint density at radius 3 is 2.34 bits per heavy atom. The van der Waals surface area contributed by atoms with Gasteiger partial charge in [0.2, 0.25) is 0 Å². The number of nitrogens with one attached hydrogen (secondary N) is 1. The standard InChI is InChI=1S/C22H14ClN3O3/c23-18(11-14-7-3-1-4-8-14)16-12-17-19(13-20(16)26(28)29)24-21(25-22(17)27)15-9-5-2-6-10-15/h1-13H,(H,24,25,27)/b18-11+. The zero-order valence-corrected chi connectivity index (χ0v) is 15.8. The first kappa shape index (κ1) is 18.6. The Morgan fingerprint density at radius 1 is 1.03 bits per heavy atom. The number of rotatable bonds is 4. The van der Waals surface area contributed by atoms with Gasteiger partial charge in [0.15, 0.2) is 0 Å². The molecule has 0 aliphatic heterocycles. The lowest BCUT2D eigenvalue weighted by molar-refractivity contribution is -0.385. The number of nitrogens with zero attached hydrogens (tertiary/aromatic N) is 2. The average Bonchev–Trinajstić information content (AvgIpc) is 2.74. The first-order valence-electron chi connectivity index (χ1n) is 8.73. The summed E-state index contributed by atoms with van der Waals surface area (Å²) in [7, 11) is 0. The fourth-order valence-corrected chi connectivity index (χ4v) is 3.30. The fraction of sp³-hybridized carbons (Fsp3) is 0. The highest BCUT2D eigenvalue weighted by Gasteiger charge is 2.20. The van der Waals surface area contributed by atoms with Crippen LogP contribution in [0.15, 0.2) is 77.6 Å². The maximum Gasteiger partial charge on any atom is 0.280 e. The molecule has 0 amide bonds. The number of aromatic amines is 1. The summed E-state index contributed by atoms with van der Waals surface area (Å²) in [4.78, 5) is 30.9. The quantitative estimate of drug-likeness (QED) is 0.287. The summed E-state index contributed by atoms with van der Waals surface area (Å²) >= 11 is 6.39. The van der Waals surface area contributed by atoms with Gasteiger partial charge < -0.3 is 4.98 Å². The molecule has 0 atom stereocenters. The highest BCUT2D eigenvalue weighted by Crippen LogP contribution is 2.33. The van der Waals surface area contributed by atoms with Gasteiger partial charge in [-0.05, 0) is 17.7 Å². The van der Waals surface area contributed by atoms with Crippen molar-refractivity contribution < 1.29 is 4.92 Å². The number of nitro benzene ring substituents is 1. The summed E-state index contributed by atoms with van der Waals surface area (Å²) in [6.45, 7) is 0. The van der Waals surface area contributed by atoms with E-state index in [2.05, 4.69) is 9.97 Å². The van der Waals surface area contributed by atoms with Crippen LogP contribution >= 0.6 is 11.6 Å². The molecule has 7 heteroatoms. The molecule has 0 radical (unpaired) electrons. The van der Waals surface area contributed by atoms with E-state index in [1.54, 1.807) is 18.2 Å². The van der Waals surface area contributed by atoms with Crippen molar-refractivity contribution >= 4 is 39.3 Å². The van der Waals surface area contributed by atoms with Crippen LogP contribution < -0.4 is 5.56 Å². The maximum atomic E-state index is 12.7. The van der Waals surface area contributed by atoms with Gasteiger partial charge >= 0.3 is 0 Å². The van der Waals surface area contributed by atoms with Gasteiger partial charge in [-0.15, -0.1) is 0 Å². The minimum atomic E-state index is -0.527. The smallest absolute Gasteiger partial charge is 0.280 e. The third-order valence-corrected chi connectivity index (χ3v) is 4.73. The van der Waals surface area contributed by atoms with E-state index < -0.39 is 10.5 Å². The molecule has 1 heterocycles. The second-order valence-corrected chi connectivity index (χ2v) is 6.73. The summed E-state index contributed by atoms with van der Waals surface area (Å²) in [5.74, 6) is 0.344. The van der Waals surface area contributed by atoms with Gasteiger partial charge in [-0.1, -0.05) is 72.3 Å². The zero-order valence-electron chi connectivity index (χ0n) is 15.0. The van der Waals surface area contributed by atoms with Crippen molar-refractivity contribution in [3.8, 4) is 11.4 Å². The summed E-state index contributed by atoms with van der Waals surface area (Å²) in [6, 6.07) is 21.0. The number of nitro groups is 1. The predicted octanol–water partition coefficient (Wildman–Crippen LogP) is 5.24.